The Balaban J connectivity index is 1.89. The third-order valence-electron chi connectivity index (χ3n) is 7.72. The summed E-state index contributed by atoms with van der Waals surface area (Å²) >= 11 is 0. The van der Waals surface area contributed by atoms with Crippen molar-refractivity contribution in [3.05, 3.63) is 0 Å². The van der Waals surface area contributed by atoms with Crippen LogP contribution in [0.25, 0.3) is 0 Å². The van der Waals surface area contributed by atoms with E-state index in [2.05, 4.69) is 20.8 Å². The molecule has 1 aliphatic heterocycles. The van der Waals surface area contributed by atoms with Crippen LogP contribution in [-0.4, -0.2) is 43.4 Å². The van der Waals surface area contributed by atoms with Crippen LogP contribution in [-0.2, 0) is 13.6 Å². The fourth-order valence-electron chi connectivity index (χ4n) is 5.09. The van der Waals surface area contributed by atoms with Crippen LogP contribution in [0.5, 0.6) is 0 Å². The van der Waals surface area contributed by atoms with Gasteiger partial charge in [-0.3, -0.25) is 4.57 Å². The molecular weight excluding hydrogens is 433 g/mol. The summed E-state index contributed by atoms with van der Waals surface area (Å²) in [5, 5.41) is 0. The second-order valence-electron chi connectivity index (χ2n) is 10.3. The Kier molecular flexibility index (Phi) is 18.2. The second kappa shape index (κ2) is 19.3. The van der Waals surface area contributed by atoms with Gasteiger partial charge in [0.25, 0.3) is 7.82 Å². The lowest BCUT2D eigenvalue weighted by Gasteiger charge is -2.43. The predicted molar refractivity (Wildman–Crippen MR) is 138 cm³/mol. The minimum Gasteiger partial charge on any atom is -0.756 e. The average Bonchev–Trinajstić information content (AvgIpc) is 2.81. The van der Waals surface area contributed by atoms with E-state index in [9.17, 15) is 9.46 Å². The molecule has 1 saturated heterocycles. The number of hydrogen-bond acceptors (Lipinski definition) is 4. The Morgan fingerprint density at radius 3 is 1.48 bits per heavy atom. The molecule has 1 heterocycles. The lowest BCUT2D eigenvalue weighted by Crippen LogP contribution is -2.54. The fourth-order valence-corrected chi connectivity index (χ4v) is 6.08. The number of piperidine rings is 1. The number of hydrogen-bond donors (Lipinski definition) is 0. The molecule has 1 fully saturated rings. The van der Waals surface area contributed by atoms with Gasteiger partial charge < -0.3 is 18.4 Å². The summed E-state index contributed by atoms with van der Waals surface area (Å²) in [6.45, 7) is 11.2. The molecule has 0 N–H and O–H groups in total. The first-order valence-corrected chi connectivity index (χ1v) is 15.9. The maximum absolute atomic E-state index is 12.1. The SMILES string of the molecule is CCCCCCCCCCCCCCCCCCOP(=O)([O-])OC1CC[N+](CC)(CC)CC1. The third-order valence-corrected chi connectivity index (χ3v) is 8.77. The van der Waals surface area contributed by atoms with E-state index in [1.54, 1.807) is 0 Å². The molecule has 0 spiro atoms. The number of phosphoric acid groups is 1. The van der Waals surface area contributed by atoms with Crippen molar-refractivity contribution in [3.63, 3.8) is 0 Å². The van der Waals surface area contributed by atoms with Gasteiger partial charge in [-0.15, -0.1) is 0 Å². The van der Waals surface area contributed by atoms with Gasteiger partial charge in [0.15, 0.2) is 0 Å². The van der Waals surface area contributed by atoms with Gasteiger partial charge in [0.05, 0.1) is 38.9 Å². The number of phosphoric ester groups is 1. The molecule has 198 valence electrons. The molecule has 1 rings (SSSR count). The maximum atomic E-state index is 12.1. The van der Waals surface area contributed by atoms with Gasteiger partial charge in [0.2, 0.25) is 0 Å². The van der Waals surface area contributed by atoms with Crippen molar-refractivity contribution in [1.29, 1.82) is 0 Å². The van der Waals surface area contributed by atoms with Crippen molar-refractivity contribution in [2.75, 3.05) is 32.8 Å². The van der Waals surface area contributed by atoms with Crippen LogP contribution >= 0.6 is 7.82 Å². The summed E-state index contributed by atoms with van der Waals surface area (Å²) in [4.78, 5) is 12.1. The fraction of sp³-hybridized carbons (Fsp3) is 1.00. The molecule has 0 aromatic rings. The first-order chi connectivity index (χ1) is 16.0. The number of nitrogens with zero attached hydrogens (tertiary/aromatic N) is 1. The summed E-state index contributed by atoms with van der Waals surface area (Å²) in [6, 6.07) is 0. The van der Waals surface area contributed by atoms with Crippen molar-refractivity contribution in [3.8, 4) is 0 Å². The zero-order valence-electron chi connectivity index (χ0n) is 22.4. The Labute approximate surface area is 206 Å². The van der Waals surface area contributed by atoms with E-state index in [1.165, 1.54) is 89.9 Å². The summed E-state index contributed by atoms with van der Waals surface area (Å²) in [5.41, 5.74) is 0. The molecule has 0 saturated carbocycles. The van der Waals surface area contributed by atoms with E-state index < -0.39 is 7.82 Å². The molecule has 0 amide bonds. The summed E-state index contributed by atoms with van der Waals surface area (Å²) in [7, 11) is -4.17. The lowest BCUT2D eigenvalue weighted by molar-refractivity contribution is -0.930. The van der Waals surface area contributed by atoms with Crippen LogP contribution in [0.1, 0.15) is 136 Å². The molecule has 6 heteroatoms. The molecule has 5 nitrogen and oxygen atoms in total. The minimum atomic E-state index is -4.17. The smallest absolute Gasteiger partial charge is 0.268 e. The maximum Gasteiger partial charge on any atom is 0.268 e. The highest BCUT2D eigenvalue weighted by atomic mass is 31.2. The van der Waals surface area contributed by atoms with Crippen molar-refractivity contribution < 1.29 is 23.0 Å². The summed E-state index contributed by atoms with van der Waals surface area (Å²) in [5.74, 6) is 0. The standard InChI is InChI=1S/C27H56NO4P/c1-4-7-8-9-10-11-12-13-14-15-16-17-18-19-20-21-26-31-33(29,30)32-27-22-24-28(5-2,6-3)25-23-27/h27H,4-26H2,1-3H3. The van der Waals surface area contributed by atoms with Gasteiger partial charge in [-0.05, 0) is 20.3 Å². The third kappa shape index (κ3) is 15.6. The number of quaternary nitrogens is 1. The highest BCUT2D eigenvalue weighted by molar-refractivity contribution is 7.45. The van der Waals surface area contributed by atoms with Crippen molar-refractivity contribution in [1.82, 2.24) is 0 Å². The highest BCUT2D eigenvalue weighted by Gasteiger charge is 2.33. The Bertz CT molecular complexity index is 489. The minimum absolute atomic E-state index is 0.205. The van der Waals surface area contributed by atoms with Crippen molar-refractivity contribution in [2.45, 2.75) is 142 Å². The summed E-state index contributed by atoms with van der Waals surface area (Å²) < 4.78 is 23.7. The van der Waals surface area contributed by atoms with Crippen LogP contribution in [0.15, 0.2) is 0 Å². The number of likely N-dealkylation sites (tertiary alicyclic amines) is 1. The molecular formula is C27H56NO4P. The van der Waals surface area contributed by atoms with Crippen LogP contribution < -0.4 is 4.89 Å². The lowest BCUT2D eigenvalue weighted by atomic mass is 10.0. The van der Waals surface area contributed by atoms with E-state index in [0.717, 1.165) is 56.3 Å². The van der Waals surface area contributed by atoms with E-state index in [1.807, 2.05) is 0 Å². The van der Waals surface area contributed by atoms with Gasteiger partial charge in [-0.25, -0.2) is 0 Å². The van der Waals surface area contributed by atoms with Gasteiger partial charge in [-0.1, -0.05) is 103 Å². The van der Waals surface area contributed by atoms with Gasteiger partial charge in [-0.2, -0.15) is 0 Å². The molecule has 0 aromatic carbocycles. The molecule has 1 atom stereocenters. The number of rotatable bonds is 22. The molecule has 0 bridgehead atoms. The quantitative estimate of drug-likeness (QED) is 0.0885. The topological polar surface area (TPSA) is 58.6 Å². The molecule has 1 unspecified atom stereocenters. The predicted octanol–water partition coefficient (Wildman–Crippen LogP) is 7.77. The molecule has 1 aliphatic rings. The Morgan fingerprint density at radius 2 is 1.09 bits per heavy atom. The normalized spacial score (nSPS) is 18.4. The Morgan fingerprint density at radius 1 is 0.697 bits per heavy atom. The average molecular weight is 490 g/mol. The van der Waals surface area contributed by atoms with E-state index in [0.29, 0.717) is 0 Å². The van der Waals surface area contributed by atoms with E-state index >= 15 is 0 Å². The largest absolute Gasteiger partial charge is 0.756 e. The zero-order chi connectivity index (χ0) is 24.3. The Hall–Kier alpha value is 0.0700. The first-order valence-electron chi connectivity index (χ1n) is 14.5. The van der Waals surface area contributed by atoms with Gasteiger partial charge in [0.1, 0.15) is 0 Å². The number of unbranched alkanes of at least 4 members (excludes halogenated alkanes) is 15. The second-order valence-corrected chi connectivity index (χ2v) is 11.7. The molecule has 0 aromatic heterocycles. The highest BCUT2D eigenvalue weighted by Crippen LogP contribution is 2.42. The van der Waals surface area contributed by atoms with Crippen molar-refractivity contribution in [2.24, 2.45) is 0 Å². The van der Waals surface area contributed by atoms with Crippen LogP contribution in [0.2, 0.25) is 0 Å². The van der Waals surface area contributed by atoms with Crippen LogP contribution in [0.4, 0.5) is 0 Å². The molecule has 33 heavy (non-hydrogen) atoms. The van der Waals surface area contributed by atoms with Gasteiger partial charge >= 0.3 is 0 Å². The zero-order valence-corrected chi connectivity index (χ0v) is 23.3. The van der Waals surface area contributed by atoms with E-state index in [4.69, 9.17) is 9.05 Å². The monoisotopic (exact) mass is 489 g/mol. The van der Waals surface area contributed by atoms with Gasteiger partial charge in [0, 0.05) is 12.8 Å². The van der Waals surface area contributed by atoms with E-state index in [-0.39, 0.29) is 12.7 Å². The van der Waals surface area contributed by atoms with Crippen molar-refractivity contribution >= 4 is 7.82 Å². The van der Waals surface area contributed by atoms with Crippen LogP contribution in [0.3, 0.4) is 0 Å². The first kappa shape index (κ1) is 31.1. The molecule has 0 aliphatic carbocycles. The van der Waals surface area contributed by atoms with Crippen LogP contribution in [0, 0.1) is 0 Å². The summed E-state index contributed by atoms with van der Waals surface area (Å²) in [6.07, 6.45) is 22.3. The molecule has 0 radical (unpaired) electrons.